The van der Waals surface area contributed by atoms with Crippen LogP contribution in [0, 0.1) is 6.92 Å². The summed E-state index contributed by atoms with van der Waals surface area (Å²) in [5.74, 6) is 1.56. The summed E-state index contributed by atoms with van der Waals surface area (Å²) in [6.07, 6.45) is 9.03. The second-order valence-electron chi connectivity index (χ2n) is 9.52. The molecule has 9 nitrogen and oxygen atoms in total. The fourth-order valence-electron chi connectivity index (χ4n) is 4.81. The van der Waals surface area contributed by atoms with Crippen LogP contribution in [0.25, 0.3) is 11.3 Å². The monoisotopic (exact) mass is 486 g/mol. The molecule has 0 saturated carbocycles. The number of fused-ring (bicyclic) bond motifs is 1. The van der Waals surface area contributed by atoms with Gasteiger partial charge in [0.1, 0.15) is 11.5 Å². The van der Waals surface area contributed by atoms with Crippen LogP contribution in [0.5, 0.6) is 0 Å². The fraction of sp³-hybridized carbons (Fsp3) is 0.407. The Kier molecular flexibility index (Phi) is 6.99. The van der Waals surface area contributed by atoms with E-state index >= 15 is 0 Å². The van der Waals surface area contributed by atoms with Gasteiger partial charge in [0.2, 0.25) is 5.95 Å². The lowest BCUT2D eigenvalue weighted by atomic mass is 9.98. The first-order chi connectivity index (χ1) is 17.6. The number of benzene rings is 1. The summed E-state index contributed by atoms with van der Waals surface area (Å²) in [6.45, 7) is 7.54. The number of aldehydes is 1. The first-order valence-electron chi connectivity index (χ1n) is 12.7. The normalized spacial score (nSPS) is 13.1. The van der Waals surface area contributed by atoms with Crippen LogP contribution in [0.3, 0.4) is 0 Å². The van der Waals surface area contributed by atoms with Crippen molar-refractivity contribution in [1.82, 2.24) is 34.8 Å². The number of rotatable bonds is 10. The van der Waals surface area contributed by atoms with Gasteiger partial charge in [-0.15, -0.1) is 10.2 Å². The van der Waals surface area contributed by atoms with Crippen molar-refractivity contribution in [3.05, 3.63) is 64.9 Å². The Morgan fingerprint density at radius 2 is 2.06 bits per heavy atom. The van der Waals surface area contributed by atoms with E-state index in [-0.39, 0.29) is 0 Å². The Labute approximate surface area is 211 Å². The fourth-order valence-corrected chi connectivity index (χ4v) is 4.81. The number of carbonyl (C=O) groups excluding carboxylic acids is 1. The summed E-state index contributed by atoms with van der Waals surface area (Å²) in [5, 5.41) is 16.7. The predicted octanol–water partition coefficient (Wildman–Crippen LogP) is 4.15. The number of carbonyl (C=O) groups is 1. The molecule has 5 rings (SSSR count). The first-order valence-corrected chi connectivity index (χ1v) is 12.7. The van der Waals surface area contributed by atoms with Gasteiger partial charge in [-0.05, 0) is 49.1 Å². The molecule has 3 aromatic heterocycles. The molecule has 0 bridgehead atoms. The highest BCUT2D eigenvalue weighted by Crippen LogP contribution is 2.32. The average molecular weight is 487 g/mol. The van der Waals surface area contributed by atoms with Crippen molar-refractivity contribution in [2.24, 2.45) is 7.05 Å². The Bertz CT molecular complexity index is 1350. The third-order valence-corrected chi connectivity index (χ3v) is 6.98. The minimum atomic E-state index is 0.526. The van der Waals surface area contributed by atoms with Gasteiger partial charge in [-0.1, -0.05) is 38.0 Å². The van der Waals surface area contributed by atoms with E-state index in [2.05, 4.69) is 55.6 Å². The number of aromatic nitrogens is 6. The van der Waals surface area contributed by atoms with Crippen molar-refractivity contribution in [2.45, 2.75) is 52.6 Å². The van der Waals surface area contributed by atoms with E-state index < -0.39 is 0 Å². The zero-order valence-corrected chi connectivity index (χ0v) is 21.3. The molecule has 0 saturated heterocycles. The van der Waals surface area contributed by atoms with Gasteiger partial charge in [-0.25, -0.2) is 0 Å². The van der Waals surface area contributed by atoms with E-state index in [0.717, 1.165) is 80.3 Å². The van der Waals surface area contributed by atoms with E-state index in [1.54, 1.807) is 0 Å². The number of H-pyrrole nitrogens is 1. The maximum Gasteiger partial charge on any atom is 0.231 e. The van der Waals surface area contributed by atoms with Crippen LogP contribution in [-0.4, -0.2) is 48.9 Å². The van der Waals surface area contributed by atoms with Gasteiger partial charge in [0.15, 0.2) is 6.29 Å². The summed E-state index contributed by atoms with van der Waals surface area (Å²) in [7, 11) is 1.95. The Hall–Kier alpha value is -3.72. The number of aromatic amines is 1. The molecule has 0 aliphatic carbocycles. The summed E-state index contributed by atoms with van der Waals surface area (Å²) in [4.78, 5) is 17.5. The second-order valence-corrected chi connectivity index (χ2v) is 9.52. The van der Waals surface area contributed by atoms with E-state index in [4.69, 9.17) is 0 Å². The highest BCUT2D eigenvalue weighted by Gasteiger charge is 2.22. The molecule has 0 fully saturated rings. The van der Waals surface area contributed by atoms with E-state index in [1.807, 2.05) is 41.7 Å². The van der Waals surface area contributed by atoms with Crippen molar-refractivity contribution in [2.75, 3.05) is 18.0 Å². The lowest BCUT2D eigenvalue weighted by Crippen LogP contribution is -2.23. The first kappa shape index (κ1) is 24.0. The molecule has 4 aromatic rings. The van der Waals surface area contributed by atoms with E-state index in [0.29, 0.717) is 12.2 Å². The quantitative estimate of drug-likeness (QED) is 0.258. The molecule has 1 aliphatic heterocycles. The smallest absolute Gasteiger partial charge is 0.231 e. The Balaban J connectivity index is 1.41. The average Bonchev–Trinajstić information content (AvgIpc) is 3.62. The molecule has 1 aliphatic rings. The van der Waals surface area contributed by atoms with Crippen LogP contribution < -0.4 is 10.2 Å². The SMILES string of the molecule is CCCCCN(c1cc(-c2cnn(Cc3ccc4c(c3)CCNC4)c2)[nH]c1C=O)c1nnc(C)n1C. The summed E-state index contributed by atoms with van der Waals surface area (Å²) < 4.78 is 3.91. The number of nitrogens with one attached hydrogen (secondary N) is 2. The van der Waals surface area contributed by atoms with Gasteiger partial charge in [0.05, 0.1) is 24.1 Å². The molecule has 36 heavy (non-hydrogen) atoms. The zero-order valence-electron chi connectivity index (χ0n) is 21.3. The maximum atomic E-state index is 12.1. The number of anilines is 2. The number of nitrogens with zero attached hydrogens (tertiary/aromatic N) is 6. The summed E-state index contributed by atoms with van der Waals surface area (Å²) >= 11 is 0. The van der Waals surface area contributed by atoms with Crippen LogP contribution in [-0.2, 0) is 26.6 Å². The van der Waals surface area contributed by atoms with Gasteiger partial charge in [-0.3, -0.25) is 9.48 Å². The molecule has 0 spiro atoms. The van der Waals surface area contributed by atoms with Crippen molar-refractivity contribution in [3.63, 3.8) is 0 Å². The number of hydrogen-bond donors (Lipinski definition) is 2. The van der Waals surface area contributed by atoms with Crippen molar-refractivity contribution in [3.8, 4) is 11.3 Å². The molecular formula is C27H34N8O. The lowest BCUT2D eigenvalue weighted by molar-refractivity contribution is 0.112. The summed E-state index contributed by atoms with van der Waals surface area (Å²) in [6, 6.07) is 8.72. The van der Waals surface area contributed by atoms with Crippen LogP contribution in [0.15, 0.2) is 36.7 Å². The minimum absolute atomic E-state index is 0.526. The van der Waals surface area contributed by atoms with Gasteiger partial charge in [-0.2, -0.15) is 5.10 Å². The molecule has 4 heterocycles. The molecule has 0 radical (unpaired) electrons. The molecule has 0 atom stereocenters. The summed E-state index contributed by atoms with van der Waals surface area (Å²) in [5.41, 5.74) is 7.17. The van der Waals surface area contributed by atoms with Crippen molar-refractivity contribution >= 4 is 17.9 Å². The topological polar surface area (TPSA) is 96.7 Å². The van der Waals surface area contributed by atoms with Gasteiger partial charge in [0.25, 0.3) is 0 Å². The van der Waals surface area contributed by atoms with Crippen LogP contribution in [0.2, 0.25) is 0 Å². The van der Waals surface area contributed by atoms with Crippen LogP contribution in [0.1, 0.15) is 59.2 Å². The van der Waals surface area contributed by atoms with Gasteiger partial charge >= 0.3 is 0 Å². The van der Waals surface area contributed by atoms with Gasteiger partial charge < -0.3 is 19.8 Å². The molecule has 9 heteroatoms. The number of unbranched alkanes of at least 4 members (excludes halogenated alkanes) is 2. The molecule has 188 valence electrons. The van der Waals surface area contributed by atoms with Crippen molar-refractivity contribution < 1.29 is 4.79 Å². The Morgan fingerprint density at radius 1 is 1.17 bits per heavy atom. The third kappa shape index (κ3) is 4.83. The zero-order chi connectivity index (χ0) is 25.1. The molecule has 2 N–H and O–H groups in total. The minimum Gasteiger partial charge on any atom is -0.350 e. The van der Waals surface area contributed by atoms with Gasteiger partial charge in [0, 0.05) is 31.9 Å². The number of aryl methyl sites for hydroxylation is 1. The lowest BCUT2D eigenvalue weighted by Gasteiger charge is -2.22. The molecular weight excluding hydrogens is 452 g/mol. The second kappa shape index (κ2) is 10.5. The highest BCUT2D eigenvalue weighted by molar-refractivity contribution is 5.87. The largest absolute Gasteiger partial charge is 0.350 e. The third-order valence-electron chi connectivity index (χ3n) is 6.98. The Morgan fingerprint density at radius 3 is 2.83 bits per heavy atom. The van der Waals surface area contributed by atoms with Crippen LogP contribution >= 0.6 is 0 Å². The predicted molar refractivity (Wildman–Crippen MR) is 141 cm³/mol. The maximum absolute atomic E-state index is 12.1. The molecule has 1 aromatic carbocycles. The highest BCUT2D eigenvalue weighted by atomic mass is 16.1. The number of hydrogen-bond acceptors (Lipinski definition) is 6. The standard InChI is InChI=1S/C27H34N8O/c1-4-5-6-11-35(27-32-31-19(2)33(27)3)26-13-24(30-25(26)18-36)23-15-29-34(17-23)16-20-7-8-22-14-28-10-9-21(22)12-20/h7-8,12-13,15,17-18,28,30H,4-6,9-11,14,16H2,1-3H3. The van der Waals surface area contributed by atoms with E-state index in [9.17, 15) is 4.79 Å². The molecule has 0 unspecified atom stereocenters. The van der Waals surface area contributed by atoms with Crippen LogP contribution in [0.4, 0.5) is 11.6 Å². The van der Waals surface area contributed by atoms with E-state index in [1.165, 1.54) is 16.7 Å². The molecule has 0 amide bonds. The van der Waals surface area contributed by atoms with Crippen molar-refractivity contribution in [1.29, 1.82) is 0 Å².